The van der Waals surface area contributed by atoms with Gasteiger partial charge in [0.2, 0.25) is 0 Å². The van der Waals surface area contributed by atoms with E-state index in [4.69, 9.17) is 4.74 Å². The molecule has 2 aromatic rings. The van der Waals surface area contributed by atoms with Crippen molar-refractivity contribution in [2.75, 3.05) is 0 Å². The van der Waals surface area contributed by atoms with Gasteiger partial charge in [-0.15, -0.1) is 11.3 Å². The van der Waals surface area contributed by atoms with Gasteiger partial charge in [0, 0.05) is 4.88 Å². The number of thiophene rings is 1. The molecule has 0 aliphatic carbocycles. The third kappa shape index (κ3) is 4.22. The van der Waals surface area contributed by atoms with E-state index in [0.29, 0.717) is 5.75 Å². The summed E-state index contributed by atoms with van der Waals surface area (Å²) >= 11 is 1.55. The van der Waals surface area contributed by atoms with Crippen LogP contribution in [-0.2, 0) is 4.79 Å². The standard InChI is InChI=1S/C14H14N2O2S/c1-11(18-12-6-3-2-4-7-12)14(17)16-15-10-13-8-5-9-19-13/h2-11H,1H3,(H,16,17)/t11-/m0/s1. The van der Waals surface area contributed by atoms with Gasteiger partial charge in [0.15, 0.2) is 6.10 Å². The lowest BCUT2D eigenvalue weighted by Gasteiger charge is -2.12. The van der Waals surface area contributed by atoms with Crippen LogP contribution in [0.4, 0.5) is 0 Å². The van der Waals surface area contributed by atoms with Crippen molar-refractivity contribution in [1.29, 1.82) is 0 Å². The lowest BCUT2D eigenvalue weighted by Crippen LogP contribution is -2.33. The molecule has 0 bridgehead atoms. The summed E-state index contributed by atoms with van der Waals surface area (Å²) in [4.78, 5) is 12.7. The number of nitrogens with one attached hydrogen (secondary N) is 1. The van der Waals surface area contributed by atoms with Gasteiger partial charge in [0.1, 0.15) is 5.75 Å². The Hall–Kier alpha value is -2.14. The molecule has 1 atom stereocenters. The molecule has 5 heteroatoms. The summed E-state index contributed by atoms with van der Waals surface area (Å²) in [6.07, 6.45) is 1.01. The Kier molecular flexibility index (Phi) is 4.69. The van der Waals surface area contributed by atoms with Crippen molar-refractivity contribution in [3.8, 4) is 5.75 Å². The average Bonchev–Trinajstić information content (AvgIpc) is 2.93. The molecular weight excluding hydrogens is 260 g/mol. The first kappa shape index (κ1) is 13.3. The van der Waals surface area contributed by atoms with E-state index in [1.807, 2.05) is 35.7 Å². The SMILES string of the molecule is C[C@H](Oc1ccccc1)C(=O)NN=Cc1cccs1. The van der Waals surface area contributed by atoms with Crippen molar-refractivity contribution in [3.05, 3.63) is 52.7 Å². The maximum atomic E-state index is 11.7. The van der Waals surface area contributed by atoms with E-state index in [0.717, 1.165) is 4.88 Å². The second kappa shape index (κ2) is 6.70. The largest absolute Gasteiger partial charge is 0.481 e. The minimum atomic E-state index is -0.595. The molecule has 0 aliphatic rings. The van der Waals surface area contributed by atoms with Crippen molar-refractivity contribution in [2.24, 2.45) is 5.10 Å². The lowest BCUT2D eigenvalue weighted by atomic mass is 10.3. The maximum absolute atomic E-state index is 11.7. The van der Waals surface area contributed by atoms with Crippen LogP contribution < -0.4 is 10.2 Å². The highest BCUT2D eigenvalue weighted by Crippen LogP contribution is 2.10. The third-order valence-corrected chi connectivity index (χ3v) is 3.14. The Morgan fingerprint density at radius 1 is 1.32 bits per heavy atom. The van der Waals surface area contributed by atoms with Gasteiger partial charge in [-0.05, 0) is 30.5 Å². The quantitative estimate of drug-likeness (QED) is 0.673. The lowest BCUT2D eigenvalue weighted by molar-refractivity contribution is -0.127. The third-order valence-electron chi connectivity index (χ3n) is 2.34. The highest BCUT2D eigenvalue weighted by Gasteiger charge is 2.13. The van der Waals surface area contributed by atoms with Crippen LogP contribution in [0.5, 0.6) is 5.75 Å². The zero-order valence-corrected chi connectivity index (χ0v) is 11.3. The number of hydrogen-bond acceptors (Lipinski definition) is 4. The van der Waals surface area contributed by atoms with Crippen molar-refractivity contribution < 1.29 is 9.53 Å². The van der Waals surface area contributed by atoms with Crippen molar-refractivity contribution in [2.45, 2.75) is 13.0 Å². The van der Waals surface area contributed by atoms with Crippen LogP contribution in [-0.4, -0.2) is 18.2 Å². The summed E-state index contributed by atoms with van der Waals surface area (Å²) in [5, 5.41) is 5.83. The summed E-state index contributed by atoms with van der Waals surface area (Å²) in [5.74, 6) is 0.379. The van der Waals surface area contributed by atoms with E-state index >= 15 is 0 Å². The molecule has 0 unspecified atom stereocenters. The molecule has 0 saturated heterocycles. The molecule has 1 aromatic heterocycles. The van der Waals surface area contributed by atoms with Crippen LogP contribution in [0.1, 0.15) is 11.8 Å². The summed E-state index contributed by atoms with van der Waals surface area (Å²) in [6.45, 7) is 1.68. The summed E-state index contributed by atoms with van der Waals surface area (Å²) in [6, 6.07) is 13.1. The molecule has 19 heavy (non-hydrogen) atoms. The van der Waals surface area contributed by atoms with E-state index in [-0.39, 0.29) is 5.91 Å². The zero-order chi connectivity index (χ0) is 13.5. The molecule has 0 spiro atoms. The molecule has 0 saturated carbocycles. The van der Waals surface area contributed by atoms with E-state index in [1.165, 1.54) is 0 Å². The predicted molar refractivity (Wildman–Crippen MR) is 76.6 cm³/mol. The Balaban J connectivity index is 1.83. The normalized spacial score (nSPS) is 12.3. The average molecular weight is 274 g/mol. The monoisotopic (exact) mass is 274 g/mol. The van der Waals surface area contributed by atoms with Gasteiger partial charge in [-0.1, -0.05) is 24.3 Å². The predicted octanol–water partition coefficient (Wildman–Crippen LogP) is 2.67. The first-order valence-corrected chi connectivity index (χ1v) is 6.72. The van der Waals surface area contributed by atoms with E-state index < -0.39 is 6.10 Å². The van der Waals surface area contributed by atoms with Gasteiger partial charge >= 0.3 is 0 Å². The number of hydrogen-bond donors (Lipinski definition) is 1. The number of carbonyl (C=O) groups excluding carboxylic acids is 1. The molecule has 1 N–H and O–H groups in total. The Labute approximate surface area is 115 Å². The summed E-state index contributed by atoms with van der Waals surface area (Å²) < 4.78 is 5.48. The number of rotatable bonds is 5. The van der Waals surface area contributed by atoms with Crippen LogP contribution in [0, 0.1) is 0 Å². The molecule has 1 heterocycles. The first-order valence-electron chi connectivity index (χ1n) is 5.84. The fraction of sp³-hybridized carbons (Fsp3) is 0.143. The highest BCUT2D eigenvalue weighted by atomic mass is 32.1. The first-order chi connectivity index (χ1) is 9.25. The van der Waals surface area contributed by atoms with Crippen molar-refractivity contribution in [1.82, 2.24) is 5.43 Å². The van der Waals surface area contributed by atoms with Crippen LogP contribution in [0.2, 0.25) is 0 Å². The van der Waals surface area contributed by atoms with Gasteiger partial charge in [-0.25, -0.2) is 5.43 Å². The minimum absolute atomic E-state index is 0.281. The van der Waals surface area contributed by atoms with E-state index in [2.05, 4.69) is 10.5 Å². The Bertz CT molecular complexity index is 538. The molecule has 0 aliphatic heterocycles. The molecule has 4 nitrogen and oxygen atoms in total. The fourth-order valence-corrected chi connectivity index (χ4v) is 1.96. The number of amides is 1. The van der Waals surface area contributed by atoms with Gasteiger partial charge in [-0.3, -0.25) is 4.79 Å². The molecule has 98 valence electrons. The Morgan fingerprint density at radius 2 is 2.11 bits per heavy atom. The number of ether oxygens (including phenoxy) is 1. The fourth-order valence-electron chi connectivity index (χ4n) is 1.37. The molecule has 1 aromatic carbocycles. The molecule has 0 radical (unpaired) electrons. The smallest absolute Gasteiger partial charge is 0.280 e. The number of carbonyl (C=O) groups is 1. The number of para-hydroxylation sites is 1. The van der Waals surface area contributed by atoms with Crippen molar-refractivity contribution in [3.63, 3.8) is 0 Å². The van der Waals surface area contributed by atoms with Crippen LogP contribution in [0.25, 0.3) is 0 Å². The van der Waals surface area contributed by atoms with Crippen LogP contribution in [0.15, 0.2) is 52.9 Å². The molecule has 0 fully saturated rings. The zero-order valence-electron chi connectivity index (χ0n) is 10.4. The van der Waals surface area contributed by atoms with Crippen LogP contribution in [0.3, 0.4) is 0 Å². The number of benzene rings is 1. The van der Waals surface area contributed by atoms with Crippen LogP contribution >= 0.6 is 11.3 Å². The minimum Gasteiger partial charge on any atom is -0.481 e. The van der Waals surface area contributed by atoms with Crippen molar-refractivity contribution >= 4 is 23.5 Å². The second-order valence-corrected chi connectivity index (χ2v) is 4.80. The summed E-state index contributed by atoms with van der Waals surface area (Å²) in [5.41, 5.74) is 2.45. The van der Waals surface area contributed by atoms with Gasteiger partial charge in [0.05, 0.1) is 6.21 Å². The second-order valence-electron chi connectivity index (χ2n) is 3.82. The molecular formula is C14H14N2O2S. The molecule has 1 amide bonds. The van der Waals surface area contributed by atoms with Gasteiger partial charge in [-0.2, -0.15) is 5.10 Å². The highest BCUT2D eigenvalue weighted by molar-refractivity contribution is 7.11. The maximum Gasteiger partial charge on any atom is 0.280 e. The summed E-state index contributed by atoms with van der Waals surface area (Å²) in [7, 11) is 0. The number of nitrogens with zero attached hydrogens (tertiary/aromatic N) is 1. The van der Waals surface area contributed by atoms with Gasteiger partial charge in [0.25, 0.3) is 5.91 Å². The van der Waals surface area contributed by atoms with Gasteiger partial charge < -0.3 is 4.74 Å². The number of hydrazone groups is 1. The van der Waals surface area contributed by atoms with E-state index in [9.17, 15) is 4.79 Å². The van der Waals surface area contributed by atoms with E-state index in [1.54, 1.807) is 36.6 Å². The molecule has 2 rings (SSSR count). The Morgan fingerprint density at radius 3 is 2.79 bits per heavy atom. The topological polar surface area (TPSA) is 50.7 Å².